The zero-order valence-corrected chi connectivity index (χ0v) is 10.5. The number of likely N-dealkylation sites (N-methyl/N-ethyl adjacent to an activating group) is 1. The minimum absolute atomic E-state index is 0.00161. The Kier molecular flexibility index (Phi) is 4.76. The summed E-state index contributed by atoms with van der Waals surface area (Å²) in [6.45, 7) is 6.31. The number of nitrogens with zero attached hydrogens (tertiary/aromatic N) is 1. The van der Waals surface area contributed by atoms with Gasteiger partial charge in [-0.3, -0.25) is 4.79 Å². The largest absolute Gasteiger partial charge is 0.376 e. The lowest BCUT2D eigenvalue weighted by Gasteiger charge is -2.35. The highest BCUT2D eigenvalue weighted by atomic mass is 16.6. The Labute approximate surface area is 102 Å². The van der Waals surface area contributed by atoms with Crippen LogP contribution in [0.2, 0.25) is 0 Å². The Hall–Kier alpha value is -0.650. The maximum atomic E-state index is 12.2. The number of carbonyl (C=O) groups excluding carboxylic acids is 1. The van der Waals surface area contributed by atoms with Gasteiger partial charge in [0.2, 0.25) is 5.91 Å². The lowest BCUT2D eigenvalue weighted by atomic mass is 10.0. The van der Waals surface area contributed by atoms with Crippen LogP contribution >= 0.6 is 0 Å². The molecule has 0 aromatic heterocycles. The molecule has 2 unspecified atom stereocenters. The monoisotopic (exact) mass is 242 g/mol. The van der Waals surface area contributed by atoms with Gasteiger partial charge >= 0.3 is 0 Å². The van der Waals surface area contributed by atoms with Crippen LogP contribution in [0.5, 0.6) is 0 Å². The molecule has 0 radical (unpaired) electrons. The van der Waals surface area contributed by atoms with E-state index >= 15 is 0 Å². The summed E-state index contributed by atoms with van der Waals surface area (Å²) in [5.74, 6) is 0.215. The summed E-state index contributed by atoms with van der Waals surface area (Å²) in [6, 6.07) is -0.00161. The normalized spacial score (nSPS) is 30.6. The van der Waals surface area contributed by atoms with Gasteiger partial charge in [-0.05, 0) is 19.4 Å². The van der Waals surface area contributed by atoms with Crippen LogP contribution in [0.1, 0.15) is 19.8 Å². The Morgan fingerprint density at radius 3 is 3.06 bits per heavy atom. The van der Waals surface area contributed by atoms with E-state index in [0.717, 1.165) is 25.9 Å². The van der Waals surface area contributed by atoms with Gasteiger partial charge in [-0.25, -0.2) is 0 Å². The molecule has 2 rings (SSSR count). The molecule has 0 spiro atoms. The number of carbonyl (C=O) groups is 1. The van der Waals surface area contributed by atoms with Crippen molar-refractivity contribution in [1.82, 2.24) is 10.2 Å². The summed E-state index contributed by atoms with van der Waals surface area (Å²) < 4.78 is 10.9. The standard InChI is InChI=1S/C12H22N2O3/c1-2-13-11-4-3-5-14(12(11)15)8-10-9-16-6-7-17-10/h10-11,13H,2-9H2,1H3. The molecule has 0 bridgehead atoms. The number of hydrogen-bond donors (Lipinski definition) is 1. The Morgan fingerprint density at radius 2 is 2.35 bits per heavy atom. The van der Waals surface area contributed by atoms with Crippen LogP contribution in [0.25, 0.3) is 0 Å². The molecule has 2 saturated heterocycles. The summed E-state index contributed by atoms with van der Waals surface area (Å²) in [4.78, 5) is 14.1. The van der Waals surface area contributed by atoms with Crippen molar-refractivity contribution in [2.45, 2.75) is 31.9 Å². The minimum Gasteiger partial charge on any atom is -0.376 e. The molecule has 17 heavy (non-hydrogen) atoms. The summed E-state index contributed by atoms with van der Waals surface area (Å²) in [7, 11) is 0. The molecule has 2 heterocycles. The van der Waals surface area contributed by atoms with Gasteiger partial charge in [-0.15, -0.1) is 0 Å². The van der Waals surface area contributed by atoms with Gasteiger partial charge in [0.25, 0.3) is 0 Å². The molecule has 1 N–H and O–H groups in total. The molecule has 98 valence electrons. The van der Waals surface area contributed by atoms with E-state index in [0.29, 0.717) is 26.4 Å². The second-order valence-corrected chi connectivity index (χ2v) is 4.60. The van der Waals surface area contributed by atoms with Crippen LogP contribution in [0.15, 0.2) is 0 Å². The molecule has 5 nitrogen and oxygen atoms in total. The molecule has 2 aliphatic rings. The first-order valence-corrected chi connectivity index (χ1v) is 6.52. The molecule has 0 saturated carbocycles. The van der Waals surface area contributed by atoms with Crippen molar-refractivity contribution in [3.05, 3.63) is 0 Å². The van der Waals surface area contributed by atoms with Crippen LogP contribution in [-0.2, 0) is 14.3 Å². The predicted octanol–water partition coefficient (Wildman–Crippen LogP) is 0.00230. The van der Waals surface area contributed by atoms with E-state index in [1.54, 1.807) is 0 Å². The minimum atomic E-state index is -0.00161. The maximum absolute atomic E-state index is 12.2. The van der Waals surface area contributed by atoms with Crippen LogP contribution in [-0.4, -0.2) is 62.4 Å². The third kappa shape index (κ3) is 3.40. The van der Waals surface area contributed by atoms with Crippen molar-refractivity contribution in [1.29, 1.82) is 0 Å². The number of piperidine rings is 1. The third-order valence-electron chi connectivity index (χ3n) is 3.29. The second-order valence-electron chi connectivity index (χ2n) is 4.60. The number of likely N-dealkylation sites (tertiary alicyclic amines) is 1. The van der Waals surface area contributed by atoms with E-state index < -0.39 is 0 Å². The molecular formula is C12H22N2O3. The molecule has 2 atom stereocenters. The number of ether oxygens (including phenoxy) is 2. The highest BCUT2D eigenvalue weighted by molar-refractivity contribution is 5.82. The second kappa shape index (κ2) is 6.33. The Balaban J connectivity index is 1.84. The lowest BCUT2D eigenvalue weighted by Crippen LogP contribution is -2.53. The number of amides is 1. The molecule has 5 heteroatoms. The van der Waals surface area contributed by atoms with Crippen molar-refractivity contribution < 1.29 is 14.3 Å². The third-order valence-corrected chi connectivity index (χ3v) is 3.29. The smallest absolute Gasteiger partial charge is 0.239 e. The van der Waals surface area contributed by atoms with Crippen molar-refractivity contribution in [2.75, 3.05) is 39.5 Å². The highest BCUT2D eigenvalue weighted by Gasteiger charge is 2.30. The van der Waals surface area contributed by atoms with E-state index in [9.17, 15) is 4.79 Å². The topological polar surface area (TPSA) is 50.8 Å². The van der Waals surface area contributed by atoms with E-state index in [4.69, 9.17) is 9.47 Å². The van der Waals surface area contributed by atoms with Gasteiger partial charge in [-0.1, -0.05) is 6.92 Å². The lowest BCUT2D eigenvalue weighted by molar-refractivity contribution is -0.143. The SMILES string of the molecule is CCNC1CCCN(CC2COCCO2)C1=O. The van der Waals surface area contributed by atoms with Crippen molar-refractivity contribution in [3.63, 3.8) is 0 Å². The molecule has 0 aromatic rings. The van der Waals surface area contributed by atoms with Gasteiger partial charge in [0.05, 0.1) is 32.0 Å². The van der Waals surface area contributed by atoms with Gasteiger partial charge in [0.15, 0.2) is 0 Å². The molecule has 0 aromatic carbocycles. The first-order valence-electron chi connectivity index (χ1n) is 6.52. The van der Waals surface area contributed by atoms with Crippen molar-refractivity contribution in [2.24, 2.45) is 0 Å². The fraction of sp³-hybridized carbons (Fsp3) is 0.917. The average Bonchev–Trinajstić information content (AvgIpc) is 2.36. The molecule has 0 aliphatic carbocycles. The quantitative estimate of drug-likeness (QED) is 0.754. The van der Waals surface area contributed by atoms with E-state index in [-0.39, 0.29) is 18.1 Å². The molecule has 2 aliphatic heterocycles. The Bertz CT molecular complexity index is 252. The van der Waals surface area contributed by atoms with Crippen LogP contribution in [0, 0.1) is 0 Å². The summed E-state index contributed by atoms with van der Waals surface area (Å²) in [5.41, 5.74) is 0. The zero-order chi connectivity index (χ0) is 12.1. The van der Waals surface area contributed by atoms with Crippen molar-refractivity contribution >= 4 is 5.91 Å². The van der Waals surface area contributed by atoms with E-state index in [1.165, 1.54) is 0 Å². The number of hydrogen-bond acceptors (Lipinski definition) is 4. The fourth-order valence-electron chi connectivity index (χ4n) is 2.45. The van der Waals surface area contributed by atoms with Crippen LogP contribution in [0.3, 0.4) is 0 Å². The molecular weight excluding hydrogens is 220 g/mol. The zero-order valence-electron chi connectivity index (χ0n) is 10.5. The van der Waals surface area contributed by atoms with Gasteiger partial charge in [0.1, 0.15) is 0 Å². The van der Waals surface area contributed by atoms with E-state index in [2.05, 4.69) is 5.32 Å². The van der Waals surface area contributed by atoms with Crippen LogP contribution in [0.4, 0.5) is 0 Å². The summed E-state index contributed by atoms with van der Waals surface area (Å²) in [6.07, 6.45) is 2.07. The van der Waals surface area contributed by atoms with Crippen LogP contribution < -0.4 is 5.32 Å². The Morgan fingerprint density at radius 1 is 1.47 bits per heavy atom. The number of nitrogens with one attached hydrogen (secondary N) is 1. The maximum Gasteiger partial charge on any atom is 0.239 e. The van der Waals surface area contributed by atoms with Gasteiger partial charge in [-0.2, -0.15) is 0 Å². The average molecular weight is 242 g/mol. The van der Waals surface area contributed by atoms with Crippen molar-refractivity contribution in [3.8, 4) is 0 Å². The molecule has 2 fully saturated rings. The first kappa shape index (κ1) is 12.8. The van der Waals surface area contributed by atoms with Gasteiger partial charge < -0.3 is 19.7 Å². The highest BCUT2D eigenvalue weighted by Crippen LogP contribution is 2.14. The first-order chi connectivity index (χ1) is 8.31. The van der Waals surface area contributed by atoms with Gasteiger partial charge in [0, 0.05) is 13.1 Å². The summed E-state index contributed by atoms with van der Waals surface area (Å²) >= 11 is 0. The summed E-state index contributed by atoms with van der Waals surface area (Å²) in [5, 5.41) is 3.24. The molecule has 1 amide bonds. The number of rotatable bonds is 4. The predicted molar refractivity (Wildman–Crippen MR) is 63.8 cm³/mol. The fourth-order valence-corrected chi connectivity index (χ4v) is 2.45. The van der Waals surface area contributed by atoms with E-state index in [1.807, 2.05) is 11.8 Å².